The first-order chi connectivity index (χ1) is 7.90. The molecule has 0 unspecified atom stereocenters. The summed E-state index contributed by atoms with van der Waals surface area (Å²) in [5.41, 5.74) is 3.00. The van der Waals surface area contributed by atoms with Gasteiger partial charge in [0.1, 0.15) is 12.0 Å². The second-order valence-electron chi connectivity index (χ2n) is 3.38. The molecular weight excluding hydrogens is 206 g/mol. The summed E-state index contributed by atoms with van der Waals surface area (Å²) in [7, 11) is 0. The van der Waals surface area contributed by atoms with E-state index in [1.54, 1.807) is 6.20 Å². The van der Waals surface area contributed by atoms with Crippen molar-refractivity contribution >= 4 is 11.0 Å². The number of fused-ring (bicyclic) bond motifs is 1. The normalized spacial score (nSPS) is 11.1. The fourth-order valence-corrected chi connectivity index (χ4v) is 1.72. The molecule has 0 saturated heterocycles. The second kappa shape index (κ2) is 3.42. The molecule has 3 N–H and O–H groups in total. The Hall–Kier alpha value is -2.21. The Bertz CT molecular complexity index is 627. The third-order valence-electron chi connectivity index (χ3n) is 2.49. The number of rotatable bonds is 2. The van der Waals surface area contributed by atoms with E-state index in [9.17, 15) is 0 Å². The lowest BCUT2D eigenvalue weighted by Crippen LogP contribution is -1.91. The quantitative estimate of drug-likeness (QED) is 0.590. The number of nitrogens with one attached hydrogen (secondary N) is 2. The molecule has 3 rings (SSSR count). The predicted molar refractivity (Wildman–Crippen MR) is 57.4 cm³/mol. The number of aliphatic hydroxyl groups is 1. The lowest BCUT2D eigenvalue weighted by atomic mass is 10.1. The Labute approximate surface area is 90.4 Å². The fraction of sp³-hybridized carbons (Fsp3) is 0.100. The Morgan fingerprint density at radius 2 is 2.25 bits per heavy atom. The van der Waals surface area contributed by atoms with Gasteiger partial charge in [-0.05, 0) is 6.07 Å². The van der Waals surface area contributed by atoms with Gasteiger partial charge in [-0.2, -0.15) is 5.10 Å². The van der Waals surface area contributed by atoms with E-state index in [1.165, 1.54) is 6.33 Å². The minimum Gasteiger partial charge on any atom is -0.390 e. The van der Waals surface area contributed by atoms with Crippen LogP contribution in [0.4, 0.5) is 0 Å². The summed E-state index contributed by atoms with van der Waals surface area (Å²) in [5, 5.41) is 16.7. The molecule has 0 saturated carbocycles. The molecule has 6 nitrogen and oxygen atoms in total. The predicted octanol–water partition coefficient (Wildman–Crippen LogP) is 0.840. The number of aromatic amines is 2. The van der Waals surface area contributed by atoms with Gasteiger partial charge >= 0.3 is 0 Å². The van der Waals surface area contributed by atoms with Crippen molar-refractivity contribution < 1.29 is 5.11 Å². The van der Waals surface area contributed by atoms with E-state index in [4.69, 9.17) is 5.11 Å². The first-order valence-electron chi connectivity index (χ1n) is 4.81. The monoisotopic (exact) mass is 215 g/mol. The van der Waals surface area contributed by atoms with E-state index in [0.717, 1.165) is 22.3 Å². The fourth-order valence-electron chi connectivity index (χ4n) is 1.72. The van der Waals surface area contributed by atoms with Crippen LogP contribution >= 0.6 is 0 Å². The summed E-state index contributed by atoms with van der Waals surface area (Å²) in [6.07, 6.45) is 4.95. The first-order valence-corrected chi connectivity index (χ1v) is 4.81. The van der Waals surface area contributed by atoms with E-state index in [-0.39, 0.29) is 6.61 Å². The third kappa shape index (κ3) is 1.20. The van der Waals surface area contributed by atoms with Gasteiger partial charge in [0.15, 0.2) is 0 Å². The average molecular weight is 215 g/mol. The van der Waals surface area contributed by atoms with Gasteiger partial charge in [0.2, 0.25) is 0 Å². The van der Waals surface area contributed by atoms with Crippen LogP contribution in [0.25, 0.3) is 22.3 Å². The molecule has 0 bridgehead atoms. The molecule has 6 heteroatoms. The highest BCUT2D eigenvalue weighted by Gasteiger charge is 2.12. The SMILES string of the molecule is OCc1[nH]ncc1-c1ncnc2[nH]ccc12. The molecule has 3 aromatic rings. The lowest BCUT2D eigenvalue weighted by Gasteiger charge is -2.00. The highest BCUT2D eigenvalue weighted by molar-refractivity contribution is 5.90. The van der Waals surface area contributed by atoms with Crippen LogP contribution in [-0.2, 0) is 6.61 Å². The maximum Gasteiger partial charge on any atom is 0.141 e. The molecule has 0 aromatic carbocycles. The van der Waals surface area contributed by atoms with Crippen LogP contribution < -0.4 is 0 Å². The van der Waals surface area contributed by atoms with Crippen molar-refractivity contribution in [3.63, 3.8) is 0 Å². The number of aromatic nitrogens is 5. The standard InChI is InChI=1S/C10H9N5O/c16-4-8-7(3-14-15-8)9-6-1-2-11-10(6)13-5-12-9/h1-3,5,16H,4H2,(H,14,15)(H,11,12,13). The van der Waals surface area contributed by atoms with Crippen molar-refractivity contribution in [2.75, 3.05) is 0 Å². The summed E-state index contributed by atoms with van der Waals surface area (Å²) in [5.74, 6) is 0. The maximum atomic E-state index is 9.17. The van der Waals surface area contributed by atoms with Crippen LogP contribution in [0.15, 0.2) is 24.8 Å². The average Bonchev–Trinajstić information content (AvgIpc) is 2.96. The molecule has 0 fully saturated rings. The summed E-state index contributed by atoms with van der Waals surface area (Å²) >= 11 is 0. The van der Waals surface area contributed by atoms with Gasteiger partial charge in [-0.25, -0.2) is 9.97 Å². The lowest BCUT2D eigenvalue weighted by molar-refractivity contribution is 0.277. The topological polar surface area (TPSA) is 90.5 Å². The van der Waals surface area contributed by atoms with Crippen LogP contribution in [0.3, 0.4) is 0 Å². The van der Waals surface area contributed by atoms with Gasteiger partial charge in [0.25, 0.3) is 0 Å². The zero-order valence-electron chi connectivity index (χ0n) is 8.31. The van der Waals surface area contributed by atoms with E-state index < -0.39 is 0 Å². The number of hydrogen-bond acceptors (Lipinski definition) is 4. The number of H-pyrrole nitrogens is 2. The van der Waals surface area contributed by atoms with E-state index in [2.05, 4.69) is 25.1 Å². The van der Waals surface area contributed by atoms with Crippen LogP contribution in [0, 0.1) is 0 Å². The molecule has 0 atom stereocenters. The second-order valence-corrected chi connectivity index (χ2v) is 3.38. The molecular formula is C10H9N5O. The maximum absolute atomic E-state index is 9.17. The van der Waals surface area contributed by atoms with Gasteiger partial charge in [-0.15, -0.1) is 0 Å². The van der Waals surface area contributed by atoms with Crippen molar-refractivity contribution in [3.8, 4) is 11.3 Å². The minimum atomic E-state index is -0.0920. The Morgan fingerprint density at radius 1 is 1.31 bits per heavy atom. The van der Waals surface area contributed by atoms with Gasteiger partial charge in [0.05, 0.1) is 24.2 Å². The molecule has 3 aromatic heterocycles. The molecule has 0 radical (unpaired) electrons. The van der Waals surface area contributed by atoms with Crippen molar-refractivity contribution in [1.82, 2.24) is 25.1 Å². The Balaban J connectivity index is 2.29. The molecule has 0 aliphatic carbocycles. The Morgan fingerprint density at radius 3 is 3.12 bits per heavy atom. The molecule has 3 heterocycles. The molecule has 0 aliphatic rings. The molecule has 0 spiro atoms. The number of aliphatic hydroxyl groups excluding tert-OH is 1. The van der Waals surface area contributed by atoms with Crippen molar-refractivity contribution in [2.24, 2.45) is 0 Å². The smallest absolute Gasteiger partial charge is 0.141 e. The Kier molecular flexibility index (Phi) is 1.94. The van der Waals surface area contributed by atoms with Gasteiger partial charge in [-0.1, -0.05) is 0 Å². The molecule has 0 amide bonds. The van der Waals surface area contributed by atoms with Gasteiger partial charge < -0.3 is 10.1 Å². The van der Waals surface area contributed by atoms with Gasteiger partial charge in [0, 0.05) is 17.1 Å². The zero-order chi connectivity index (χ0) is 11.0. The van der Waals surface area contributed by atoms with E-state index in [0.29, 0.717) is 5.69 Å². The van der Waals surface area contributed by atoms with Gasteiger partial charge in [-0.3, -0.25) is 5.10 Å². The zero-order valence-corrected chi connectivity index (χ0v) is 8.31. The largest absolute Gasteiger partial charge is 0.390 e. The summed E-state index contributed by atoms with van der Waals surface area (Å²) in [6.45, 7) is -0.0920. The highest BCUT2D eigenvalue weighted by Crippen LogP contribution is 2.26. The third-order valence-corrected chi connectivity index (χ3v) is 2.49. The van der Waals surface area contributed by atoms with Crippen molar-refractivity contribution in [1.29, 1.82) is 0 Å². The molecule has 16 heavy (non-hydrogen) atoms. The van der Waals surface area contributed by atoms with Crippen molar-refractivity contribution in [2.45, 2.75) is 6.61 Å². The summed E-state index contributed by atoms with van der Waals surface area (Å²) in [6, 6.07) is 1.90. The van der Waals surface area contributed by atoms with Crippen LogP contribution in [0.1, 0.15) is 5.69 Å². The number of nitrogens with zero attached hydrogens (tertiary/aromatic N) is 3. The minimum absolute atomic E-state index is 0.0920. The van der Waals surface area contributed by atoms with Crippen LogP contribution in [0.2, 0.25) is 0 Å². The number of hydrogen-bond donors (Lipinski definition) is 3. The molecule has 0 aliphatic heterocycles. The van der Waals surface area contributed by atoms with Crippen molar-refractivity contribution in [3.05, 3.63) is 30.5 Å². The molecule has 80 valence electrons. The summed E-state index contributed by atoms with van der Waals surface area (Å²) < 4.78 is 0. The summed E-state index contributed by atoms with van der Waals surface area (Å²) in [4.78, 5) is 11.4. The van der Waals surface area contributed by atoms with Crippen LogP contribution in [-0.4, -0.2) is 30.3 Å². The first kappa shape index (κ1) is 9.05. The highest BCUT2D eigenvalue weighted by atomic mass is 16.3. The van der Waals surface area contributed by atoms with E-state index >= 15 is 0 Å². The van der Waals surface area contributed by atoms with Crippen LogP contribution in [0.5, 0.6) is 0 Å². The van der Waals surface area contributed by atoms with E-state index in [1.807, 2.05) is 12.3 Å².